The Kier molecular flexibility index (Phi) is 2.78. The first-order valence-corrected chi connectivity index (χ1v) is 5.09. The highest BCUT2D eigenvalue weighted by molar-refractivity contribution is 5.82. The molecular formula is C11H11N3O3. The zero-order valence-corrected chi connectivity index (χ0v) is 9.00. The molecule has 0 atom stereocenters. The van der Waals surface area contributed by atoms with Gasteiger partial charge in [-0.25, -0.2) is 0 Å². The van der Waals surface area contributed by atoms with E-state index in [9.17, 15) is 14.9 Å². The van der Waals surface area contributed by atoms with E-state index in [1.165, 1.54) is 12.1 Å². The van der Waals surface area contributed by atoms with Crippen LogP contribution in [-0.4, -0.2) is 15.4 Å². The molecule has 6 heteroatoms. The van der Waals surface area contributed by atoms with E-state index in [-0.39, 0.29) is 12.1 Å². The summed E-state index contributed by atoms with van der Waals surface area (Å²) < 4.78 is 1.78. The second-order valence-corrected chi connectivity index (χ2v) is 3.73. The van der Waals surface area contributed by atoms with Gasteiger partial charge in [-0.1, -0.05) is 0 Å². The van der Waals surface area contributed by atoms with Gasteiger partial charge in [0.05, 0.1) is 10.4 Å². The number of rotatable bonds is 4. The Labute approximate surface area is 96.8 Å². The predicted octanol–water partition coefficient (Wildman–Crippen LogP) is 1.42. The fourth-order valence-corrected chi connectivity index (χ4v) is 1.71. The molecule has 88 valence electrons. The fraction of sp³-hybridized carbons (Fsp3) is 0.182. The third-order valence-electron chi connectivity index (χ3n) is 2.57. The maximum atomic E-state index is 10.7. The zero-order valence-electron chi connectivity index (χ0n) is 9.00. The van der Waals surface area contributed by atoms with Crippen molar-refractivity contribution < 1.29 is 9.72 Å². The van der Waals surface area contributed by atoms with Crippen molar-refractivity contribution in [2.45, 2.75) is 13.0 Å². The first-order chi connectivity index (χ1) is 8.08. The Morgan fingerprint density at radius 2 is 2.18 bits per heavy atom. The van der Waals surface area contributed by atoms with E-state index in [2.05, 4.69) is 0 Å². The number of fused-ring (bicyclic) bond motifs is 1. The molecule has 0 saturated heterocycles. The molecule has 0 aliphatic rings. The maximum absolute atomic E-state index is 10.7. The van der Waals surface area contributed by atoms with Gasteiger partial charge in [-0.2, -0.15) is 0 Å². The molecule has 17 heavy (non-hydrogen) atoms. The summed E-state index contributed by atoms with van der Waals surface area (Å²) in [5.74, 6) is -0.391. The van der Waals surface area contributed by atoms with Gasteiger partial charge in [-0.3, -0.25) is 14.9 Å². The molecular weight excluding hydrogens is 222 g/mol. The number of non-ortho nitro benzene ring substituents is 1. The molecule has 0 saturated carbocycles. The van der Waals surface area contributed by atoms with Gasteiger partial charge in [0.2, 0.25) is 5.91 Å². The highest BCUT2D eigenvalue weighted by atomic mass is 16.6. The van der Waals surface area contributed by atoms with E-state index in [1.807, 2.05) is 6.07 Å². The van der Waals surface area contributed by atoms with Crippen LogP contribution in [0.5, 0.6) is 0 Å². The van der Waals surface area contributed by atoms with Crippen LogP contribution in [-0.2, 0) is 11.3 Å². The highest BCUT2D eigenvalue weighted by Crippen LogP contribution is 2.22. The lowest BCUT2D eigenvalue weighted by molar-refractivity contribution is -0.384. The molecule has 0 spiro atoms. The monoisotopic (exact) mass is 233 g/mol. The van der Waals surface area contributed by atoms with Crippen LogP contribution in [0, 0.1) is 10.1 Å². The van der Waals surface area contributed by atoms with Crippen molar-refractivity contribution in [3.8, 4) is 0 Å². The van der Waals surface area contributed by atoms with Gasteiger partial charge >= 0.3 is 0 Å². The number of benzene rings is 1. The molecule has 2 rings (SSSR count). The number of hydrogen-bond donors (Lipinski definition) is 1. The molecule has 1 aromatic carbocycles. The lowest BCUT2D eigenvalue weighted by Crippen LogP contribution is -2.13. The van der Waals surface area contributed by atoms with Crippen molar-refractivity contribution in [2.75, 3.05) is 0 Å². The Balaban J connectivity index is 2.39. The summed E-state index contributed by atoms with van der Waals surface area (Å²) >= 11 is 0. The van der Waals surface area contributed by atoms with Gasteiger partial charge in [-0.05, 0) is 12.1 Å². The summed E-state index contributed by atoms with van der Waals surface area (Å²) in [6.07, 6.45) is 2.00. The Hall–Kier alpha value is -2.37. The number of aryl methyl sites for hydroxylation is 1. The van der Waals surface area contributed by atoms with E-state index in [0.717, 1.165) is 10.9 Å². The molecule has 2 aromatic rings. The van der Waals surface area contributed by atoms with Gasteiger partial charge in [-0.15, -0.1) is 0 Å². The second kappa shape index (κ2) is 4.25. The number of primary amides is 1. The third kappa shape index (κ3) is 2.25. The molecule has 0 aliphatic heterocycles. The normalized spacial score (nSPS) is 10.6. The number of carbonyl (C=O) groups is 1. The molecule has 1 heterocycles. The van der Waals surface area contributed by atoms with Crippen LogP contribution in [0.4, 0.5) is 5.69 Å². The summed E-state index contributed by atoms with van der Waals surface area (Å²) in [7, 11) is 0. The number of nitrogens with two attached hydrogens (primary N) is 1. The zero-order chi connectivity index (χ0) is 12.4. The Morgan fingerprint density at radius 3 is 2.82 bits per heavy atom. The maximum Gasteiger partial charge on any atom is 0.271 e. The molecule has 6 nitrogen and oxygen atoms in total. The minimum Gasteiger partial charge on any atom is -0.370 e. The largest absolute Gasteiger partial charge is 0.370 e. The summed E-state index contributed by atoms with van der Waals surface area (Å²) in [6.45, 7) is 0.431. The average molecular weight is 233 g/mol. The first kappa shape index (κ1) is 11.1. The number of aromatic nitrogens is 1. The second-order valence-electron chi connectivity index (χ2n) is 3.73. The summed E-state index contributed by atoms with van der Waals surface area (Å²) in [4.78, 5) is 20.9. The van der Waals surface area contributed by atoms with Crippen LogP contribution in [0.2, 0.25) is 0 Å². The molecule has 0 aliphatic carbocycles. The number of nitrogens with zero attached hydrogens (tertiary/aromatic N) is 2. The van der Waals surface area contributed by atoms with Crippen LogP contribution in [0.3, 0.4) is 0 Å². The van der Waals surface area contributed by atoms with Crippen LogP contribution >= 0.6 is 0 Å². The van der Waals surface area contributed by atoms with Crippen molar-refractivity contribution >= 4 is 22.5 Å². The van der Waals surface area contributed by atoms with Gasteiger partial charge < -0.3 is 10.3 Å². The Bertz CT molecular complexity index is 589. The smallest absolute Gasteiger partial charge is 0.271 e. The van der Waals surface area contributed by atoms with E-state index < -0.39 is 10.8 Å². The van der Waals surface area contributed by atoms with Gasteiger partial charge in [0, 0.05) is 36.7 Å². The van der Waals surface area contributed by atoms with E-state index >= 15 is 0 Å². The average Bonchev–Trinajstić information content (AvgIpc) is 2.68. The van der Waals surface area contributed by atoms with E-state index in [4.69, 9.17) is 5.73 Å². The molecule has 1 aromatic heterocycles. The lowest BCUT2D eigenvalue weighted by atomic mass is 10.2. The van der Waals surface area contributed by atoms with Crippen LogP contribution in [0.25, 0.3) is 10.9 Å². The van der Waals surface area contributed by atoms with Crippen LogP contribution in [0.15, 0.2) is 30.5 Å². The van der Waals surface area contributed by atoms with Crippen molar-refractivity contribution in [1.29, 1.82) is 0 Å². The fourth-order valence-electron chi connectivity index (χ4n) is 1.71. The molecule has 0 bridgehead atoms. The quantitative estimate of drug-likeness (QED) is 0.639. The lowest BCUT2D eigenvalue weighted by Gasteiger charge is -2.03. The van der Waals surface area contributed by atoms with Crippen molar-refractivity contribution in [3.63, 3.8) is 0 Å². The van der Waals surface area contributed by atoms with Crippen molar-refractivity contribution in [3.05, 3.63) is 40.6 Å². The van der Waals surface area contributed by atoms with Crippen LogP contribution in [0.1, 0.15) is 6.42 Å². The van der Waals surface area contributed by atoms with Gasteiger partial charge in [0.15, 0.2) is 0 Å². The number of hydrogen-bond acceptors (Lipinski definition) is 3. The molecule has 0 radical (unpaired) electrons. The minimum absolute atomic E-state index is 0.0384. The topological polar surface area (TPSA) is 91.2 Å². The first-order valence-electron chi connectivity index (χ1n) is 5.09. The number of nitro benzene ring substituents is 1. The molecule has 2 N–H and O–H groups in total. The summed E-state index contributed by atoms with van der Waals surface area (Å²) in [6, 6.07) is 6.49. The number of carbonyl (C=O) groups excluding carboxylic acids is 1. The molecule has 0 fully saturated rings. The van der Waals surface area contributed by atoms with E-state index in [1.54, 1.807) is 16.8 Å². The SMILES string of the molecule is NC(=O)CCn1ccc2ccc([N+](=O)[O-])cc21. The molecule has 0 unspecified atom stereocenters. The highest BCUT2D eigenvalue weighted by Gasteiger charge is 2.09. The third-order valence-corrected chi connectivity index (χ3v) is 2.57. The number of amides is 1. The van der Waals surface area contributed by atoms with Gasteiger partial charge in [0.1, 0.15) is 0 Å². The van der Waals surface area contributed by atoms with Gasteiger partial charge in [0.25, 0.3) is 5.69 Å². The molecule has 1 amide bonds. The number of nitro groups is 1. The van der Waals surface area contributed by atoms with E-state index in [0.29, 0.717) is 6.54 Å². The Morgan fingerprint density at radius 1 is 1.41 bits per heavy atom. The minimum atomic E-state index is -0.440. The van der Waals surface area contributed by atoms with Crippen molar-refractivity contribution in [1.82, 2.24) is 4.57 Å². The van der Waals surface area contributed by atoms with Crippen molar-refractivity contribution in [2.24, 2.45) is 5.73 Å². The summed E-state index contributed by atoms with van der Waals surface area (Å²) in [5, 5.41) is 11.6. The van der Waals surface area contributed by atoms with Crippen LogP contribution < -0.4 is 5.73 Å². The summed E-state index contributed by atoms with van der Waals surface area (Å²) in [5.41, 5.74) is 5.85. The standard InChI is InChI=1S/C11H11N3O3/c12-11(15)4-6-13-5-3-8-1-2-9(14(16)17)7-10(8)13/h1-3,5,7H,4,6H2,(H2,12,15). The predicted molar refractivity (Wildman–Crippen MR) is 62.4 cm³/mol.